The quantitative estimate of drug-likeness (QED) is 0.939. The number of aromatic nitrogens is 2. The summed E-state index contributed by atoms with van der Waals surface area (Å²) in [5.41, 5.74) is 0.998. The molecule has 1 N–H and O–H groups in total. The largest absolute Gasteiger partial charge is 0.467 e. The summed E-state index contributed by atoms with van der Waals surface area (Å²) in [6.45, 7) is 0.227. The average Bonchev–Trinajstić information content (AvgIpc) is 2.48. The van der Waals surface area contributed by atoms with Crippen LogP contribution in [0.1, 0.15) is 15.9 Å². The smallest absolute Gasteiger partial charge is 0.316 e. The molecule has 0 saturated carbocycles. The van der Waals surface area contributed by atoms with Gasteiger partial charge in [-0.05, 0) is 17.7 Å². The van der Waals surface area contributed by atoms with E-state index in [4.69, 9.17) is 16.3 Å². The van der Waals surface area contributed by atoms with Crippen LogP contribution in [0.2, 0.25) is 5.02 Å². The third kappa shape index (κ3) is 3.42. The monoisotopic (exact) mass is 295 g/mol. The van der Waals surface area contributed by atoms with Gasteiger partial charge in [-0.25, -0.2) is 14.4 Å². The first-order valence-electron chi connectivity index (χ1n) is 5.68. The fraction of sp³-hybridized carbons (Fsp3) is 0.154. The molecule has 2 aromatic rings. The lowest BCUT2D eigenvalue weighted by molar-refractivity contribution is 0.0950. The Morgan fingerprint density at radius 3 is 2.70 bits per heavy atom. The molecule has 20 heavy (non-hydrogen) atoms. The minimum Gasteiger partial charge on any atom is -0.467 e. The van der Waals surface area contributed by atoms with E-state index in [9.17, 15) is 9.18 Å². The van der Waals surface area contributed by atoms with Gasteiger partial charge in [0.15, 0.2) is 0 Å². The number of nitrogens with zero attached hydrogens (tertiary/aromatic N) is 2. The number of carbonyl (C=O) groups excluding carboxylic acids is 1. The van der Waals surface area contributed by atoms with Gasteiger partial charge in [-0.15, -0.1) is 0 Å². The number of ether oxygens (including phenoxy) is 1. The Morgan fingerprint density at radius 1 is 1.40 bits per heavy atom. The van der Waals surface area contributed by atoms with Gasteiger partial charge in [-0.3, -0.25) is 4.79 Å². The molecule has 0 atom stereocenters. The van der Waals surface area contributed by atoms with E-state index in [1.807, 2.05) is 0 Å². The molecule has 0 fully saturated rings. The molecule has 2 rings (SSSR count). The van der Waals surface area contributed by atoms with E-state index in [0.717, 1.165) is 0 Å². The number of halogens is 2. The second-order valence-corrected chi connectivity index (χ2v) is 4.30. The van der Waals surface area contributed by atoms with Crippen LogP contribution >= 0.6 is 11.6 Å². The third-order valence-corrected chi connectivity index (χ3v) is 2.80. The Hall–Kier alpha value is -2.21. The Labute approximate surface area is 119 Å². The first kappa shape index (κ1) is 14.2. The van der Waals surface area contributed by atoms with Gasteiger partial charge in [0.25, 0.3) is 5.91 Å². The number of benzene rings is 1. The lowest BCUT2D eigenvalue weighted by atomic mass is 10.2. The van der Waals surface area contributed by atoms with Crippen LogP contribution in [0.3, 0.4) is 0 Å². The zero-order valence-corrected chi connectivity index (χ0v) is 11.3. The Kier molecular flexibility index (Phi) is 4.47. The summed E-state index contributed by atoms with van der Waals surface area (Å²) in [7, 11) is 1.44. The number of rotatable bonds is 4. The lowest BCUT2D eigenvalue weighted by Gasteiger charge is -2.06. The highest BCUT2D eigenvalue weighted by Gasteiger charge is 2.08. The molecule has 0 spiro atoms. The van der Waals surface area contributed by atoms with Crippen LogP contribution in [-0.2, 0) is 6.54 Å². The number of hydrogen-bond acceptors (Lipinski definition) is 4. The van der Waals surface area contributed by atoms with Crippen LogP contribution in [0.25, 0.3) is 0 Å². The molecule has 0 bridgehead atoms. The van der Waals surface area contributed by atoms with Crippen LogP contribution in [0.5, 0.6) is 6.01 Å². The maximum Gasteiger partial charge on any atom is 0.316 e. The summed E-state index contributed by atoms with van der Waals surface area (Å²) in [5.74, 6) is -0.835. The van der Waals surface area contributed by atoms with Crippen molar-refractivity contribution >= 4 is 17.5 Å². The van der Waals surface area contributed by atoms with Gasteiger partial charge in [0, 0.05) is 18.9 Å². The van der Waals surface area contributed by atoms with E-state index < -0.39 is 5.82 Å². The van der Waals surface area contributed by atoms with Gasteiger partial charge in [-0.1, -0.05) is 17.7 Å². The lowest BCUT2D eigenvalue weighted by Crippen LogP contribution is -2.23. The van der Waals surface area contributed by atoms with Crippen molar-refractivity contribution < 1.29 is 13.9 Å². The molecular weight excluding hydrogens is 285 g/mol. The van der Waals surface area contributed by atoms with Crippen molar-refractivity contribution in [2.75, 3.05) is 7.11 Å². The van der Waals surface area contributed by atoms with Crippen LogP contribution in [0.4, 0.5) is 4.39 Å². The number of methoxy groups -OCH3 is 1. The molecule has 5 nitrogen and oxygen atoms in total. The normalized spacial score (nSPS) is 10.2. The van der Waals surface area contributed by atoms with Crippen LogP contribution in [0, 0.1) is 5.82 Å². The highest BCUT2D eigenvalue weighted by Crippen LogP contribution is 2.15. The molecular formula is C13H11ClFN3O2. The molecule has 1 heterocycles. The Morgan fingerprint density at radius 2 is 2.10 bits per heavy atom. The van der Waals surface area contributed by atoms with Gasteiger partial charge < -0.3 is 10.1 Å². The van der Waals surface area contributed by atoms with Crippen LogP contribution < -0.4 is 10.1 Å². The standard InChI is InChI=1S/C13H11ClFN3O2/c1-20-13-17-6-9(7-18-13)12(19)16-5-8-2-3-11(15)10(14)4-8/h2-4,6-7H,5H2,1H3,(H,16,19). The summed E-state index contributed by atoms with van der Waals surface area (Å²) in [4.78, 5) is 19.5. The second-order valence-electron chi connectivity index (χ2n) is 3.89. The van der Waals surface area contributed by atoms with E-state index in [-0.39, 0.29) is 23.5 Å². The van der Waals surface area contributed by atoms with Gasteiger partial charge in [0.05, 0.1) is 17.7 Å². The van der Waals surface area contributed by atoms with Crippen molar-refractivity contribution in [3.63, 3.8) is 0 Å². The summed E-state index contributed by atoms with van der Waals surface area (Å²) in [6.07, 6.45) is 2.72. The van der Waals surface area contributed by atoms with Crippen molar-refractivity contribution in [1.29, 1.82) is 0 Å². The minimum atomic E-state index is -0.495. The van der Waals surface area contributed by atoms with E-state index in [1.165, 1.54) is 31.6 Å². The molecule has 0 unspecified atom stereocenters. The summed E-state index contributed by atoms with van der Waals surface area (Å²) in [5, 5.41) is 2.68. The topological polar surface area (TPSA) is 64.1 Å². The first-order chi connectivity index (χ1) is 9.60. The fourth-order valence-electron chi connectivity index (χ4n) is 1.47. The van der Waals surface area contributed by atoms with E-state index in [1.54, 1.807) is 6.07 Å². The zero-order chi connectivity index (χ0) is 14.5. The van der Waals surface area contributed by atoms with E-state index >= 15 is 0 Å². The molecule has 0 aliphatic heterocycles. The van der Waals surface area contributed by atoms with Crippen molar-refractivity contribution in [2.45, 2.75) is 6.54 Å². The van der Waals surface area contributed by atoms with Crippen molar-refractivity contribution in [1.82, 2.24) is 15.3 Å². The molecule has 1 amide bonds. The van der Waals surface area contributed by atoms with Crippen LogP contribution in [-0.4, -0.2) is 23.0 Å². The summed E-state index contributed by atoms with van der Waals surface area (Å²) >= 11 is 5.66. The van der Waals surface area contributed by atoms with E-state index in [2.05, 4.69) is 15.3 Å². The van der Waals surface area contributed by atoms with Crippen molar-refractivity contribution in [3.05, 3.63) is 52.6 Å². The summed E-state index contributed by atoms with van der Waals surface area (Å²) < 4.78 is 17.8. The fourth-order valence-corrected chi connectivity index (χ4v) is 1.68. The third-order valence-electron chi connectivity index (χ3n) is 2.51. The van der Waals surface area contributed by atoms with Gasteiger partial charge in [0.2, 0.25) is 0 Å². The maximum atomic E-state index is 13.0. The molecule has 0 aliphatic rings. The van der Waals surface area contributed by atoms with Gasteiger partial charge in [0.1, 0.15) is 5.82 Å². The van der Waals surface area contributed by atoms with Crippen molar-refractivity contribution in [3.8, 4) is 6.01 Å². The minimum absolute atomic E-state index is 0.0181. The van der Waals surface area contributed by atoms with E-state index in [0.29, 0.717) is 11.1 Å². The number of nitrogens with one attached hydrogen (secondary N) is 1. The highest BCUT2D eigenvalue weighted by molar-refractivity contribution is 6.30. The number of carbonyl (C=O) groups is 1. The Bertz CT molecular complexity index is 620. The van der Waals surface area contributed by atoms with Gasteiger partial charge >= 0.3 is 6.01 Å². The number of hydrogen-bond donors (Lipinski definition) is 1. The first-order valence-corrected chi connectivity index (χ1v) is 6.06. The average molecular weight is 296 g/mol. The number of amides is 1. The molecule has 104 valence electrons. The molecule has 1 aromatic heterocycles. The predicted molar refractivity (Wildman–Crippen MR) is 71.2 cm³/mol. The SMILES string of the molecule is COc1ncc(C(=O)NCc2ccc(F)c(Cl)c2)cn1. The molecule has 0 aliphatic carbocycles. The zero-order valence-electron chi connectivity index (χ0n) is 10.6. The molecule has 0 radical (unpaired) electrons. The van der Waals surface area contributed by atoms with Gasteiger partial charge in [-0.2, -0.15) is 0 Å². The highest BCUT2D eigenvalue weighted by atomic mass is 35.5. The predicted octanol–water partition coefficient (Wildman–Crippen LogP) is 2.21. The molecule has 1 aromatic carbocycles. The maximum absolute atomic E-state index is 13.0. The summed E-state index contributed by atoms with van der Waals surface area (Å²) in [6, 6.07) is 4.44. The molecule has 7 heteroatoms. The molecule has 0 saturated heterocycles. The second kappa shape index (κ2) is 6.29. The Balaban J connectivity index is 1.98. The van der Waals surface area contributed by atoms with Crippen molar-refractivity contribution in [2.24, 2.45) is 0 Å². The van der Waals surface area contributed by atoms with Crippen LogP contribution in [0.15, 0.2) is 30.6 Å².